The van der Waals surface area contributed by atoms with Crippen LogP contribution in [0.4, 0.5) is 9.93 Å². The molecular weight excluding hydrogens is 476 g/mol. The first-order valence-electron chi connectivity index (χ1n) is 10.3. The Bertz CT molecular complexity index is 1300. The number of nitrogens with zero attached hydrogens (tertiary/aromatic N) is 2. The SMILES string of the molecule is CC(=O)Nc1nc(-c2ccc(CCCN=CNC(=O)O)cc2)c(-c2ccc(S(C)(=O)=O)cc2)s1. The van der Waals surface area contributed by atoms with Gasteiger partial charge in [0.05, 0.1) is 21.8 Å². The Morgan fingerprint density at radius 1 is 1.09 bits per heavy atom. The molecule has 1 heterocycles. The summed E-state index contributed by atoms with van der Waals surface area (Å²) < 4.78 is 23.6. The lowest BCUT2D eigenvalue weighted by atomic mass is 10.0. The zero-order chi connectivity index (χ0) is 24.7. The van der Waals surface area contributed by atoms with Gasteiger partial charge in [0.1, 0.15) is 0 Å². The van der Waals surface area contributed by atoms with Gasteiger partial charge in [-0.3, -0.25) is 15.1 Å². The number of sulfone groups is 1. The quantitative estimate of drug-likeness (QED) is 0.230. The number of anilines is 1. The van der Waals surface area contributed by atoms with Crippen molar-refractivity contribution in [1.29, 1.82) is 0 Å². The zero-order valence-electron chi connectivity index (χ0n) is 18.6. The van der Waals surface area contributed by atoms with Crippen LogP contribution < -0.4 is 10.6 Å². The van der Waals surface area contributed by atoms with Crippen molar-refractivity contribution in [1.82, 2.24) is 10.3 Å². The van der Waals surface area contributed by atoms with Crippen LogP contribution in [-0.4, -0.2) is 49.6 Å². The molecule has 0 saturated carbocycles. The van der Waals surface area contributed by atoms with E-state index in [-0.39, 0.29) is 10.8 Å². The molecule has 9 nitrogen and oxygen atoms in total. The first-order valence-corrected chi connectivity index (χ1v) is 13.0. The van der Waals surface area contributed by atoms with Gasteiger partial charge in [-0.2, -0.15) is 0 Å². The van der Waals surface area contributed by atoms with E-state index in [1.807, 2.05) is 24.3 Å². The van der Waals surface area contributed by atoms with Gasteiger partial charge in [-0.15, -0.1) is 0 Å². The molecule has 1 aromatic heterocycles. The van der Waals surface area contributed by atoms with E-state index in [0.717, 1.165) is 40.7 Å². The molecule has 3 N–H and O–H groups in total. The molecule has 0 saturated heterocycles. The maximum Gasteiger partial charge on any atom is 0.409 e. The molecule has 0 spiro atoms. The first kappa shape index (κ1) is 25.1. The van der Waals surface area contributed by atoms with Crippen molar-refractivity contribution >= 4 is 44.6 Å². The predicted octanol–water partition coefficient (Wildman–Crippen LogP) is 4.07. The van der Waals surface area contributed by atoms with Gasteiger partial charge in [0.15, 0.2) is 15.0 Å². The van der Waals surface area contributed by atoms with E-state index in [9.17, 15) is 18.0 Å². The number of aryl methyl sites for hydroxylation is 1. The number of rotatable bonds is 9. The fourth-order valence-electron chi connectivity index (χ4n) is 3.14. The summed E-state index contributed by atoms with van der Waals surface area (Å²) in [5.74, 6) is -0.226. The van der Waals surface area contributed by atoms with E-state index in [1.165, 1.54) is 24.6 Å². The van der Waals surface area contributed by atoms with Crippen molar-refractivity contribution in [2.24, 2.45) is 4.99 Å². The van der Waals surface area contributed by atoms with Crippen LogP contribution in [-0.2, 0) is 21.1 Å². The van der Waals surface area contributed by atoms with Crippen LogP contribution in [0.5, 0.6) is 0 Å². The van der Waals surface area contributed by atoms with Gasteiger partial charge in [0, 0.05) is 25.3 Å². The molecule has 2 amide bonds. The summed E-state index contributed by atoms with van der Waals surface area (Å²) in [6.07, 6.45) is 2.73. The Kier molecular flexibility index (Phi) is 8.13. The largest absolute Gasteiger partial charge is 0.465 e. The van der Waals surface area contributed by atoms with Crippen LogP contribution >= 0.6 is 11.3 Å². The van der Waals surface area contributed by atoms with Gasteiger partial charge in [0.25, 0.3) is 0 Å². The molecule has 11 heteroatoms. The fraction of sp³-hybridized carbons (Fsp3) is 0.217. The van der Waals surface area contributed by atoms with Crippen molar-refractivity contribution in [3.05, 3.63) is 54.1 Å². The third kappa shape index (κ3) is 6.96. The van der Waals surface area contributed by atoms with Gasteiger partial charge in [-0.25, -0.2) is 18.2 Å². The number of carbonyl (C=O) groups excluding carboxylic acids is 1. The normalized spacial score (nSPS) is 11.5. The highest BCUT2D eigenvalue weighted by atomic mass is 32.2. The van der Waals surface area contributed by atoms with Crippen LogP contribution in [0.1, 0.15) is 18.9 Å². The molecule has 0 aliphatic rings. The van der Waals surface area contributed by atoms with E-state index < -0.39 is 15.9 Å². The molecule has 0 aliphatic carbocycles. The average Bonchev–Trinajstić information content (AvgIpc) is 3.19. The number of thiazole rings is 1. The highest BCUT2D eigenvalue weighted by molar-refractivity contribution is 7.90. The van der Waals surface area contributed by atoms with Crippen molar-refractivity contribution < 1.29 is 23.1 Å². The monoisotopic (exact) mass is 500 g/mol. The molecule has 178 valence electrons. The van der Waals surface area contributed by atoms with E-state index in [2.05, 4.69) is 20.6 Å². The van der Waals surface area contributed by atoms with E-state index in [0.29, 0.717) is 17.4 Å². The number of benzene rings is 2. The molecule has 34 heavy (non-hydrogen) atoms. The van der Waals surface area contributed by atoms with Crippen LogP contribution in [0.25, 0.3) is 21.7 Å². The Labute approximate surface area is 201 Å². The molecule has 0 bridgehead atoms. The minimum Gasteiger partial charge on any atom is -0.465 e. The molecule has 3 rings (SSSR count). The van der Waals surface area contributed by atoms with Crippen molar-refractivity contribution in [3.63, 3.8) is 0 Å². The standard InChI is InChI=1S/C23H24N4O5S2/c1-15(28)26-22-27-20(21(33-22)18-9-11-19(12-10-18)34(2,31)32)17-7-5-16(6-8-17)4-3-13-24-14-25-23(29)30/h5-12,14H,3-4,13H2,1-2H3,(H,24,25)(H,29,30)(H,26,27,28). The Morgan fingerprint density at radius 3 is 2.32 bits per heavy atom. The number of aromatic nitrogens is 1. The van der Waals surface area contributed by atoms with Gasteiger partial charge in [-0.05, 0) is 36.1 Å². The lowest BCUT2D eigenvalue weighted by Crippen LogP contribution is -2.18. The molecule has 0 aliphatic heterocycles. The first-order chi connectivity index (χ1) is 16.1. The fourth-order valence-corrected chi connectivity index (χ4v) is 4.81. The molecule has 3 aromatic rings. The summed E-state index contributed by atoms with van der Waals surface area (Å²) in [5.41, 5.74) is 3.45. The minimum absolute atomic E-state index is 0.226. The second kappa shape index (κ2) is 11.0. The summed E-state index contributed by atoms with van der Waals surface area (Å²) in [4.78, 5) is 31.6. The number of hydrogen-bond donors (Lipinski definition) is 3. The van der Waals surface area contributed by atoms with Crippen LogP contribution in [0.2, 0.25) is 0 Å². The van der Waals surface area contributed by atoms with E-state index >= 15 is 0 Å². The number of nitrogens with one attached hydrogen (secondary N) is 2. The average molecular weight is 501 g/mol. The summed E-state index contributed by atoms with van der Waals surface area (Å²) in [6, 6.07) is 14.5. The number of carboxylic acid groups (broad SMARTS) is 1. The number of hydrogen-bond acceptors (Lipinski definition) is 7. The maximum absolute atomic E-state index is 11.8. The van der Waals surface area contributed by atoms with E-state index in [1.54, 1.807) is 24.3 Å². The Balaban J connectivity index is 1.81. The molecule has 2 aromatic carbocycles. The second-order valence-corrected chi connectivity index (χ2v) is 10.5. The van der Waals surface area contributed by atoms with Gasteiger partial charge in [-0.1, -0.05) is 47.7 Å². The lowest BCUT2D eigenvalue weighted by Gasteiger charge is -2.06. The number of carbonyl (C=O) groups is 2. The van der Waals surface area contributed by atoms with Crippen LogP contribution in [0.3, 0.4) is 0 Å². The van der Waals surface area contributed by atoms with Gasteiger partial charge >= 0.3 is 6.09 Å². The molecule has 0 unspecified atom stereocenters. The van der Waals surface area contributed by atoms with Gasteiger partial charge < -0.3 is 10.4 Å². The zero-order valence-corrected chi connectivity index (χ0v) is 20.2. The lowest BCUT2D eigenvalue weighted by molar-refractivity contribution is -0.114. The van der Waals surface area contributed by atoms with Crippen molar-refractivity contribution in [2.75, 3.05) is 18.1 Å². The van der Waals surface area contributed by atoms with Crippen molar-refractivity contribution in [2.45, 2.75) is 24.7 Å². The summed E-state index contributed by atoms with van der Waals surface area (Å²) in [6.45, 7) is 1.92. The number of amides is 2. The molecule has 0 radical (unpaired) electrons. The van der Waals surface area contributed by atoms with Crippen LogP contribution in [0.15, 0.2) is 58.4 Å². The minimum atomic E-state index is -3.30. The second-order valence-electron chi connectivity index (χ2n) is 7.46. The Morgan fingerprint density at radius 2 is 1.74 bits per heavy atom. The third-order valence-electron chi connectivity index (χ3n) is 4.71. The number of aliphatic imine (C=N–C) groups is 1. The van der Waals surface area contributed by atoms with Crippen LogP contribution in [0, 0.1) is 0 Å². The van der Waals surface area contributed by atoms with E-state index in [4.69, 9.17) is 5.11 Å². The Hall–Kier alpha value is -3.57. The molecular formula is C23H24N4O5S2. The highest BCUT2D eigenvalue weighted by Crippen LogP contribution is 2.39. The summed E-state index contributed by atoms with van der Waals surface area (Å²) >= 11 is 1.32. The van der Waals surface area contributed by atoms with Crippen molar-refractivity contribution in [3.8, 4) is 21.7 Å². The van der Waals surface area contributed by atoms with Gasteiger partial charge in [0.2, 0.25) is 5.91 Å². The predicted molar refractivity (Wildman–Crippen MR) is 133 cm³/mol. The molecule has 0 atom stereocenters. The summed E-state index contributed by atoms with van der Waals surface area (Å²) in [5, 5.41) is 13.8. The molecule has 0 fully saturated rings. The third-order valence-corrected chi connectivity index (χ3v) is 6.86. The summed E-state index contributed by atoms with van der Waals surface area (Å²) in [7, 11) is -3.30. The smallest absolute Gasteiger partial charge is 0.409 e. The topological polar surface area (TPSA) is 138 Å². The highest BCUT2D eigenvalue weighted by Gasteiger charge is 2.17. The maximum atomic E-state index is 11.8.